The van der Waals surface area contributed by atoms with Crippen molar-refractivity contribution in [3.05, 3.63) is 59.5 Å². The molecule has 0 unspecified atom stereocenters. The molecular formula is C19H17F4N5O. The van der Waals surface area contributed by atoms with Crippen molar-refractivity contribution in [2.45, 2.75) is 12.6 Å². The average Bonchev–Trinajstić information content (AvgIpc) is 2.95. The largest absolute Gasteiger partial charge is 0.417 e. The molecule has 0 radical (unpaired) electrons. The van der Waals surface area contributed by atoms with Crippen LogP contribution >= 0.6 is 0 Å². The van der Waals surface area contributed by atoms with Crippen LogP contribution in [0.5, 0.6) is 0 Å². The maximum Gasteiger partial charge on any atom is 0.417 e. The standard InChI is InChI=1S/C19H17F4N5O/c20-15-4-1-3-13(11-15)17(29)26-7-2-8-27(10-9-26)18-25-24-16-6-5-14(12-28(16)18)19(21,22)23/h1,3-6,11-12H,2,7-10H2. The fourth-order valence-electron chi connectivity index (χ4n) is 3.39. The van der Waals surface area contributed by atoms with Gasteiger partial charge in [-0.15, -0.1) is 10.2 Å². The summed E-state index contributed by atoms with van der Waals surface area (Å²) in [5.41, 5.74) is -0.213. The first kappa shape index (κ1) is 19.2. The van der Waals surface area contributed by atoms with Crippen molar-refractivity contribution in [2.75, 3.05) is 31.1 Å². The highest BCUT2D eigenvalue weighted by Gasteiger charge is 2.31. The van der Waals surface area contributed by atoms with Crippen molar-refractivity contribution in [1.29, 1.82) is 0 Å². The van der Waals surface area contributed by atoms with Gasteiger partial charge in [0, 0.05) is 37.9 Å². The monoisotopic (exact) mass is 407 g/mol. The topological polar surface area (TPSA) is 53.7 Å². The van der Waals surface area contributed by atoms with Crippen molar-refractivity contribution >= 4 is 17.5 Å². The summed E-state index contributed by atoms with van der Waals surface area (Å²) in [6, 6.07) is 7.74. The fraction of sp³-hybridized carbons (Fsp3) is 0.316. The van der Waals surface area contributed by atoms with Crippen molar-refractivity contribution in [2.24, 2.45) is 0 Å². The molecule has 1 amide bonds. The first-order chi connectivity index (χ1) is 13.8. The van der Waals surface area contributed by atoms with Crippen LogP contribution in [0.1, 0.15) is 22.3 Å². The van der Waals surface area contributed by atoms with Crippen molar-refractivity contribution in [3.8, 4) is 0 Å². The molecule has 0 saturated carbocycles. The van der Waals surface area contributed by atoms with E-state index in [0.717, 1.165) is 12.3 Å². The number of pyridine rings is 1. The minimum Gasteiger partial charge on any atom is -0.339 e. The van der Waals surface area contributed by atoms with Crippen LogP contribution in [0.25, 0.3) is 5.65 Å². The number of amides is 1. The molecule has 2 aromatic heterocycles. The second kappa shape index (κ2) is 7.34. The highest BCUT2D eigenvalue weighted by atomic mass is 19.4. The molecule has 29 heavy (non-hydrogen) atoms. The Morgan fingerprint density at radius 1 is 1.00 bits per heavy atom. The zero-order valence-corrected chi connectivity index (χ0v) is 15.2. The zero-order valence-electron chi connectivity index (χ0n) is 15.2. The molecule has 1 aliphatic rings. The number of anilines is 1. The SMILES string of the molecule is O=C(c1cccc(F)c1)N1CCCN(c2nnc3ccc(C(F)(F)F)cn23)CC1. The summed E-state index contributed by atoms with van der Waals surface area (Å²) < 4.78 is 53.9. The van der Waals surface area contributed by atoms with Gasteiger partial charge in [0.15, 0.2) is 5.65 Å². The Morgan fingerprint density at radius 3 is 2.59 bits per heavy atom. The van der Waals surface area contributed by atoms with Gasteiger partial charge in [0.2, 0.25) is 5.95 Å². The smallest absolute Gasteiger partial charge is 0.339 e. The predicted octanol–water partition coefficient (Wildman–Crippen LogP) is 3.24. The Morgan fingerprint density at radius 2 is 1.83 bits per heavy atom. The molecule has 152 valence electrons. The van der Waals surface area contributed by atoms with E-state index in [2.05, 4.69) is 10.2 Å². The van der Waals surface area contributed by atoms with Gasteiger partial charge in [-0.25, -0.2) is 4.39 Å². The number of alkyl halides is 3. The molecule has 0 N–H and O–H groups in total. The number of aromatic nitrogens is 3. The quantitative estimate of drug-likeness (QED) is 0.612. The van der Waals surface area contributed by atoms with Crippen LogP contribution < -0.4 is 4.90 Å². The number of hydrogen-bond acceptors (Lipinski definition) is 4. The predicted molar refractivity (Wildman–Crippen MR) is 97.1 cm³/mol. The van der Waals surface area contributed by atoms with Crippen LogP contribution in [0.15, 0.2) is 42.6 Å². The van der Waals surface area contributed by atoms with E-state index in [1.165, 1.54) is 28.7 Å². The highest BCUT2D eigenvalue weighted by Crippen LogP contribution is 2.30. The van der Waals surface area contributed by atoms with Gasteiger partial charge in [-0.1, -0.05) is 6.07 Å². The lowest BCUT2D eigenvalue weighted by Gasteiger charge is -2.22. The summed E-state index contributed by atoms with van der Waals surface area (Å²) in [6.45, 7) is 1.67. The molecule has 1 aliphatic heterocycles. The van der Waals surface area contributed by atoms with Gasteiger partial charge in [0.25, 0.3) is 5.91 Å². The molecule has 3 heterocycles. The van der Waals surface area contributed by atoms with E-state index in [1.807, 2.05) is 0 Å². The van der Waals surface area contributed by atoms with Crippen LogP contribution in [0.2, 0.25) is 0 Å². The molecule has 1 aromatic carbocycles. The van der Waals surface area contributed by atoms with Crippen LogP contribution in [-0.4, -0.2) is 51.6 Å². The lowest BCUT2D eigenvalue weighted by atomic mass is 10.2. The molecule has 0 aliphatic carbocycles. The Kier molecular flexibility index (Phi) is 4.85. The van der Waals surface area contributed by atoms with Gasteiger partial charge in [0.05, 0.1) is 5.56 Å². The molecule has 4 rings (SSSR count). The lowest BCUT2D eigenvalue weighted by molar-refractivity contribution is -0.137. The summed E-state index contributed by atoms with van der Waals surface area (Å²) in [6.07, 6.45) is -2.90. The maximum atomic E-state index is 13.4. The van der Waals surface area contributed by atoms with E-state index in [4.69, 9.17) is 0 Å². The lowest BCUT2D eigenvalue weighted by Crippen LogP contribution is -2.35. The molecular weight excluding hydrogens is 390 g/mol. The summed E-state index contributed by atoms with van der Waals surface area (Å²) >= 11 is 0. The van der Waals surface area contributed by atoms with Gasteiger partial charge in [0.1, 0.15) is 5.82 Å². The second-order valence-electron chi connectivity index (χ2n) is 6.79. The summed E-state index contributed by atoms with van der Waals surface area (Å²) in [4.78, 5) is 16.1. The van der Waals surface area contributed by atoms with E-state index in [9.17, 15) is 22.4 Å². The van der Waals surface area contributed by atoms with Crippen LogP contribution in [-0.2, 0) is 6.18 Å². The van der Waals surface area contributed by atoms with Gasteiger partial charge in [-0.05, 0) is 36.8 Å². The number of carbonyl (C=O) groups is 1. The van der Waals surface area contributed by atoms with Crippen LogP contribution in [0.4, 0.5) is 23.5 Å². The first-order valence-electron chi connectivity index (χ1n) is 9.05. The molecule has 1 fully saturated rings. The maximum absolute atomic E-state index is 13.4. The molecule has 0 atom stereocenters. The molecule has 0 bridgehead atoms. The van der Waals surface area contributed by atoms with Gasteiger partial charge in [-0.3, -0.25) is 9.20 Å². The number of benzene rings is 1. The third-order valence-electron chi connectivity index (χ3n) is 4.85. The van der Waals surface area contributed by atoms with Crippen molar-refractivity contribution in [1.82, 2.24) is 19.5 Å². The Hall–Kier alpha value is -3.17. The summed E-state index contributed by atoms with van der Waals surface area (Å²) in [7, 11) is 0. The van der Waals surface area contributed by atoms with E-state index in [1.54, 1.807) is 15.9 Å². The molecule has 0 spiro atoms. The second-order valence-corrected chi connectivity index (χ2v) is 6.79. The number of rotatable bonds is 2. The molecule has 3 aromatic rings. The summed E-state index contributed by atoms with van der Waals surface area (Å²) in [5, 5.41) is 7.98. The molecule has 10 heteroatoms. The number of carbonyl (C=O) groups excluding carboxylic acids is 1. The fourth-order valence-corrected chi connectivity index (χ4v) is 3.39. The molecule has 1 saturated heterocycles. The highest BCUT2D eigenvalue weighted by molar-refractivity contribution is 5.94. The van der Waals surface area contributed by atoms with Crippen molar-refractivity contribution < 1.29 is 22.4 Å². The van der Waals surface area contributed by atoms with Crippen LogP contribution in [0, 0.1) is 5.82 Å². The minimum atomic E-state index is -4.47. The Balaban J connectivity index is 1.55. The Bertz CT molecular complexity index is 1050. The minimum absolute atomic E-state index is 0.265. The number of hydrogen-bond donors (Lipinski definition) is 0. The number of nitrogens with zero attached hydrogens (tertiary/aromatic N) is 5. The third kappa shape index (κ3) is 3.87. The first-order valence-corrected chi connectivity index (χ1v) is 9.05. The van der Waals surface area contributed by atoms with Gasteiger partial charge < -0.3 is 9.80 Å². The average molecular weight is 407 g/mol. The zero-order chi connectivity index (χ0) is 20.6. The van der Waals surface area contributed by atoms with E-state index in [-0.39, 0.29) is 11.5 Å². The van der Waals surface area contributed by atoms with Gasteiger partial charge in [-0.2, -0.15) is 13.2 Å². The number of halogens is 4. The van der Waals surface area contributed by atoms with E-state index >= 15 is 0 Å². The van der Waals surface area contributed by atoms with Gasteiger partial charge >= 0.3 is 6.18 Å². The third-order valence-corrected chi connectivity index (χ3v) is 4.85. The number of fused-ring (bicyclic) bond motifs is 1. The van der Waals surface area contributed by atoms with E-state index < -0.39 is 17.6 Å². The normalized spacial score (nSPS) is 15.6. The van der Waals surface area contributed by atoms with E-state index in [0.29, 0.717) is 44.2 Å². The van der Waals surface area contributed by atoms with Crippen molar-refractivity contribution in [3.63, 3.8) is 0 Å². The summed E-state index contributed by atoms with van der Waals surface area (Å²) in [5.74, 6) is -0.467. The van der Waals surface area contributed by atoms with Crippen LogP contribution in [0.3, 0.4) is 0 Å². The molecule has 6 nitrogen and oxygen atoms in total. The Labute approximate surface area is 163 Å².